The van der Waals surface area contributed by atoms with E-state index < -0.39 is 0 Å². The number of hydrogen-bond donors (Lipinski definition) is 1. The normalized spacial score (nSPS) is 18.4. The maximum Gasteiger partial charge on any atom is 0.0951 e. The summed E-state index contributed by atoms with van der Waals surface area (Å²) < 4.78 is 11.6. The average Bonchev–Trinajstić information content (AvgIpc) is 2.45. The summed E-state index contributed by atoms with van der Waals surface area (Å²) in [7, 11) is 1.98. The first-order valence-corrected chi connectivity index (χ1v) is 7.20. The van der Waals surface area contributed by atoms with Crippen molar-refractivity contribution in [3.05, 3.63) is 35.4 Å². The van der Waals surface area contributed by atoms with Gasteiger partial charge in [-0.1, -0.05) is 24.3 Å². The summed E-state index contributed by atoms with van der Waals surface area (Å²) in [5.41, 5.74) is 2.60. The van der Waals surface area contributed by atoms with E-state index in [0.29, 0.717) is 5.92 Å². The SMILES string of the molecule is CNCC(OCC1CCOCC1)c1ccccc1C. The van der Waals surface area contributed by atoms with Crippen molar-refractivity contribution >= 4 is 0 Å². The second-order valence-corrected chi connectivity index (χ2v) is 5.29. The number of nitrogens with one attached hydrogen (secondary N) is 1. The molecule has 0 amide bonds. The molecule has 0 saturated carbocycles. The van der Waals surface area contributed by atoms with Crippen molar-refractivity contribution < 1.29 is 9.47 Å². The van der Waals surface area contributed by atoms with E-state index in [1.54, 1.807) is 0 Å². The van der Waals surface area contributed by atoms with Gasteiger partial charge in [-0.05, 0) is 43.9 Å². The van der Waals surface area contributed by atoms with Gasteiger partial charge < -0.3 is 14.8 Å². The quantitative estimate of drug-likeness (QED) is 0.856. The van der Waals surface area contributed by atoms with Crippen LogP contribution in [0.15, 0.2) is 24.3 Å². The zero-order valence-corrected chi connectivity index (χ0v) is 12.0. The van der Waals surface area contributed by atoms with Crippen LogP contribution in [-0.4, -0.2) is 33.4 Å². The summed E-state index contributed by atoms with van der Waals surface area (Å²) in [5, 5.41) is 3.23. The van der Waals surface area contributed by atoms with Crippen LogP contribution < -0.4 is 5.32 Å². The van der Waals surface area contributed by atoms with Gasteiger partial charge in [0.15, 0.2) is 0 Å². The Balaban J connectivity index is 1.94. The minimum Gasteiger partial charge on any atom is -0.381 e. The molecule has 1 atom stereocenters. The molecule has 1 saturated heterocycles. The molecule has 1 aliphatic heterocycles. The van der Waals surface area contributed by atoms with Crippen molar-refractivity contribution in [1.82, 2.24) is 5.32 Å². The molecule has 1 aliphatic rings. The highest BCUT2D eigenvalue weighted by atomic mass is 16.5. The van der Waals surface area contributed by atoms with Crippen molar-refractivity contribution in [2.75, 3.05) is 33.4 Å². The van der Waals surface area contributed by atoms with Gasteiger partial charge in [-0.2, -0.15) is 0 Å². The van der Waals surface area contributed by atoms with Crippen molar-refractivity contribution in [2.45, 2.75) is 25.9 Å². The van der Waals surface area contributed by atoms with Crippen LogP contribution in [0.1, 0.15) is 30.1 Å². The smallest absolute Gasteiger partial charge is 0.0951 e. The fourth-order valence-electron chi connectivity index (χ4n) is 2.56. The van der Waals surface area contributed by atoms with Crippen LogP contribution in [0, 0.1) is 12.8 Å². The van der Waals surface area contributed by atoms with Crippen molar-refractivity contribution in [3.63, 3.8) is 0 Å². The zero-order chi connectivity index (χ0) is 13.5. The molecule has 3 heteroatoms. The maximum atomic E-state index is 6.17. The van der Waals surface area contributed by atoms with Gasteiger partial charge >= 0.3 is 0 Å². The Kier molecular flexibility index (Phi) is 5.83. The molecule has 106 valence electrons. The molecule has 0 aliphatic carbocycles. The molecule has 1 heterocycles. The first-order valence-electron chi connectivity index (χ1n) is 7.20. The molecular weight excluding hydrogens is 238 g/mol. The predicted molar refractivity (Wildman–Crippen MR) is 77.3 cm³/mol. The Morgan fingerprint density at radius 2 is 2.05 bits per heavy atom. The van der Waals surface area contributed by atoms with Gasteiger partial charge in [0.1, 0.15) is 0 Å². The molecule has 0 spiro atoms. The van der Waals surface area contributed by atoms with Gasteiger partial charge in [0.25, 0.3) is 0 Å². The third kappa shape index (κ3) is 4.30. The first-order chi connectivity index (χ1) is 9.31. The highest BCUT2D eigenvalue weighted by molar-refractivity contribution is 5.28. The van der Waals surface area contributed by atoms with Gasteiger partial charge in [-0.15, -0.1) is 0 Å². The summed E-state index contributed by atoms with van der Waals surface area (Å²) in [5.74, 6) is 0.650. The second kappa shape index (κ2) is 7.63. The molecule has 19 heavy (non-hydrogen) atoms. The lowest BCUT2D eigenvalue weighted by Gasteiger charge is -2.26. The Morgan fingerprint density at radius 3 is 2.74 bits per heavy atom. The number of rotatable bonds is 6. The van der Waals surface area contributed by atoms with Crippen LogP contribution in [0.2, 0.25) is 0 Å². The summed E-state index contributed by atoms with van der Waals surface area (Å²) in [6, 6.07) is 8.48. The van der Waals surface area contributed by atoms with Crippen LogP contribution in [0.5, 0.6) is 0 Å². The lowest BCUT2D eigenvalue weighted by atomic mass is 10.0. The van der Waals surface area contributed by atoms with Gasteiger partial charge in [-0.25, -0.2) is 0 Å². The van der Waals surface area contributed by atoms with E-state index >= 15 is 0 Å². The number of aryl methyl sites for hydroxylation is 1. The van der Waals surface area contributed by atoms with Crippen molar-refractivity contribution in [3.8, 4) is 0 Å². The van der Waals surface area contributed by atoms with E-state index in [0.717, 1.165) is 39.2 Å². The number of ether oxygens (including phenoxy) is 2. The van der Waals surface area contributed by atoms with E-state index in [2.05, 4.69) is 36.5 Å². The number of likely N-dealkylation sites (N-methyl/N-ethyl adjacent to an activating group) is 1. The monoisotopic (exact) mass is 263 g/mol. The lowest BCUT2D eigenvalue weighted by Crippen LogP contribution is -2.25. The van der Waals surface area contributed by atoms with Crippen LogP contribution in [0.4, 0.5) is 0 Å². The molecular formula is C16H25NO2. The summed E-state index contributed by atoms with van der Waals surface area (Å²) in [4.78, 5) is 0. The Hall–Kier alpha value is -0.900. The fourth-order valence-corrected chi connectivity index (χ4v) is 2.56. The van der Waals surface area contributed by atoms with Crippen LogP contribution in [0.25, 0.3) is 0 Å². The standard InChI is InChI=1S/C16H25NO2/c1-13-5-3-4-6-15(13)16(11-17-2)19-12-14-7-9-18-10-8-14/h3-6,14,16-17H,7-12H2,1-2H3. The summed E-state index contributed by atoms with van der Waals surface area (Å²) in [6.45, 7) is 5.61. The topological polar surface area (TPSA) is 30.5 Å². The number of hydrogen-bond acceptors (Lipinski definition) is 3. The molecule has 3 nitrogen and oxygen atoms in total. The van der Waals surface area contributed by atoms with E-state index in [1.807, 2.05) is 7.05 Å². The van der Waals surface area contributed by atoms with Crippen molar-refractivity contribution in [1.29, 1.82) is 0 Å². The van der Waals surface area contributed by atoms with Crippen molar-refractivity contribution in [2.24, 2.45) is 5.92 Å². The summed E-state index contributed by atoms with van der Waals surface area (Å²) in [6.07, 6.45) is 2.40. The molecule has 0 radical (unpaired) electrons. The highest BCUT2D eigenvalue weighted by Crippen LogP contribution is 2.23. The predicted octanol–water partition coefficient (Wildman–Crippen LogP) is 2.70. The highest BCUT2D eigenvalue weighted by Gasteiger charge is 2.18. The molecule has 1 unspecified atom stereocenters. The molecule has 0 bridgehead atoms. The number of benzene rings is 1. The Morgan fingerprint density at radius 1 is 1.32 bits per heavy atom. The van der Waals surface area contributed by atoms with Gasteiger partial charge in [0, 0.05) is 19.8 Å². The fraction of sp³-hybridized carbons (Fsp3) is 0.625. The molecule has 1 aromatic rings. The minimum absolute atomic E-state index is 0.147. The third-order valence-corrected chi connectivity index (χ3v) is 3.80. The maximum absolute atomic E-state index is 6.17. The Labute approximate surface area is 116 Å². The van der Waals surface area contributed by atoms with Gasteiger partial charge in [0.2, 0.25) is 0 Å². The van der Waals surface area contributed by atoms with E-state index in [-0.39, 0.29) is 6.10 Å². The third-order valence-electron chi connectivity index (χ3n) is 3.80. The molecule has 0 aromatic heterocycles. The first kappa shape index (κ1) is 14.5. The second-order valence-electron chi connectivity index (χ2n) is 5.29. The van der Waals surface area contributed by atoms with Gasteiger partial charge in [-0.3, -0.25) is 0 Å². The van der Waals surface area contributed by atoms with E-state index in [4.69, 9.17) is 9.47 Å². The van der Waals surface area contributed by atoms with Gasteiger partial charge in [0.05, 0.1) is 12.7 Å². The van der Waals surface area contributed by atoms with E-state index in [1.165, 1.54) is 11.1 Å². The largest absolute Gasteiger partial charge is 0.381 e. The van der Waals surface area contributed by atoms with Crippen LogP contribution in [0.3, 0.4) is 0 Å². The minimum atomic E-state index is 0.147. The summed E-state index contributed by atoms with van der Waals surface area (Å²) >= 11 is 0. The van der Waals surface area contributed by atoms with Crippen LogP contribution in [-0.2, 0) is 9.47 Å². The molecule has 1 aromatic carbocycles. The van der Waals surface area contributed by atoms with Crippen LogP contribution >= 0.6 is 0 Å². The Bertz CT molecular complexity index is 375. The molecule has 1 N–H and O–H groups in total. The zero-order valence-electron chi connectivity index (χ0n) is 12.0. The molecule has 1 fully saturated rings. The van der Waals surface area contributed by atoms with E-state index in [9.17, 15) is 0 Å². The molecule has 2 rings (SSSR count). The lowest BCUT2D eigenvalue weighted by molar-refractivity contribution is -0.0110. The average molecular weight is 263 g/mol.